The van der Waals surface area contributed by atoms with Crippen molar-refractivity contribution >= 4 is 22.9 Å². The standard InChI is InChI=1S/C23H17F3O8/c1-30-21(28)12-4-6-13(7-5-12)32-19-18(27)15-9-8-14(33-22(29)16-3-2-10-31-16)11-17(15)34-20(19)23(24,25)26/h4-9,11,16H,2-3,10H2,1H3. The van der Waals surface area contributed by atoms with Crippen LogP contribution < -0.4 is 14.9 Å². The van der Waals surface area contributed by atoms with E-state index in [0.717, 1.165) is 6.07 Å². The quantitative estimate of drug-likeness (QED) is 0.391. The molecule has 0 amide bonds. The van der Waals surface area contributed by atoms with Crippen LogP contribution in [0.3, 0.4) is 0 Å². The second kappa shape index (κ2) is 9.18. The lowest BCUT2D eigenvalue weighted by Crippen LogP contribution is -2.24. The molecule has 34 heavy (non-hydrogen) atoms. The predicted octanol–water partition coefficient (Wildman–Crippen LogP) is 4.48. The van der Waals surface area contributed by atoms with E-state index in [1.54, 1.807) is 0 Å². The van der Waals surface area contributed by atoms with E-state index in [4.69, 9.17) is 18.6 Å². The van der Waals surface area contributed by atoms with E-state index in [2.05, 4.69) is 4.74 Å². The number of methoxy groups -OCH3 is 1. The molecule has 3 aromatic rings. The van der Waals surface area contributed by atoms with Crippen molar-refractivity contribution in [2.45, 2.75) is 25.1 Å². The summed E-state index contributed by atoms with van der Waals surface area (Å²) < 4.78 is 66.3. The number of hydrogen-bond donors (Lipinski definition) is 0. The largest absolute Gasteiger partial charge is 0.465 e. The summed E-state index contributed by atoms with van der Waals surface area (Å²) in [6.07, 6.45) is -4.66. The molecule has 2 heterocycles. The van der Waals surface area contributed by atoms with Crippen LogP contribution >= 0.6 is 0 Å². The Morgan fingerprint density at radius 3 is 2.38 bits per heavy atom. The van der Waals surface area contributed by atoms with Crippen molar-refractivity contribution in [3.8, 4) is 17.2 Å². The highest BCUT2D eigenvalue weighted by Gasteiger charge is 2.40. The molecule has 1 atom stereocenters. The highest BCUT2D eigenvalue weighted by molar-refractivity contribution is 5.89. The lowest BCUT2D eigenvalue weighted by molar-refractivity contribution is -0.154. The van der Waals surface area contributed by atoms with Crippen molar-refractivity contribution in [2.24, 2.45) is 0 Å². The summed E-state index contributed by atoms with van der Waals surface area (Å²) in [6, 6.07) is 8.42. The topological polar surface area (TPSA) is 101 Å². The van der Waals surface area contributed by atoms with E-state index < -0.39 is 46.7 Å². The molecule has 1 aromatic heterocycles. The lowest BCUT2D eigenvalue weighted by atomic mass is 10.2. The fraction of sp³-hybridized carbons (Fsp3) is 0.261. The second-order valence-electron chi connectivity index (χ2n) is 7.29. The zero-order valence-corrected chi connectivity index (χ0v) is 17.6. The summed E-state index contributed by atoms with van der Waals surface area (Å²) in [7, 11) is 1.18. The summed E-state index contributed by atoms with van der Waals surface area (Å²) in [5, 5.41) is -0.217. The fourth-order valence-electron chi connectivity index (χ4n) is 3.34. The van der Waals surface area contributed by atoms with Gasteiger partial charge in [-0.15, -0.1) is 0 Å². The second-order valence-corrected chi connectivity index (χ2v) is 7.29. The summed E-state index contributed by atoms with van der Waals surface area (Å²) in [6.45, 7) is 0.412. The molecule has 0 N–H and O–H groups in total. The maximum atomic E-state index is 13.7. The van der Waals surface area contributed by atoms with Crippen LogP contribution in [0.25, 0.3) is 11.0 Å². The molecule has 0 saturated carbocycles. The minimum Gasteiger partial charge on any atom is -0.465 e. The number of hydrogen-bond acceptors (Lipinski definition) is 8. The average molecular weight is 478 g/mol. The number of carbonyl (C=O) groups excluding carboxylic acids is 2. The normalized spacial score (nSPS) is 15.8. The highest BCUT2D eigenvalue weighted by atomic mass is 19.4. The van der Waals surface area contributed by atoms with E-state index in [9.17, 15) is 27.6 Å². The number of fused-ring (bicyclic) bond motifs is 1. The SMILES string of the molecule is COC(=O)c1ccc(Oc2c(C(F)(F)F)oc3cc(OC(=O)C4CCCO4)ccc3c2=O)cc1. The van der Waals surface area contributed by atoms with Gasteiger partial charge < -0.3 is 23.4 Å². The Kier molecular flexibility index (Phi) is 6.29. The molecule has 4 rings (SSSR count). The van der Waals surface area contributed by atoms with Crippen LogP contribution in [0, 0.1) is 0 Å². The van der Waals surface area contributed by atoms with Crippen LogP contribution in [-0.4, -0.2) is 31.8 Å². The molecule has 1 fully saturated rings. The van der Waals surface area contributed by atoms with Gasteiger partial charge in [-0.1, -0.05) is 0 Å². The van der Waals surface area contributed by atoms with Crippen molar-refractivity contribution < 1.29 is 46.1 Å². The molecular formula is C23H17F3O8. The molecule has 1 saturated heterocycles. The van der Waals surface area contributed by atoms with Crippen LogP contribution in [0.5, 0.6) is 17.2 Å². The molecule has 1 aliphatic heterocycles. The molecule has 1 unspecified atom stereocenters. The molecular weight excluding hydrogens is 461 g/mol. The van der Waals surface area contributed by atoms with E-state index >= 15 is 0 Å². The Bertz CT molecular complexity index is 1290. The molecule has 178 valence electrons. The molecule has 0 aliphatic carbocycles. The van der Waals surface area contributed by atoms with E-state index in [0.29, 0.717) is 19.4 Å². The van der Waals surface area contributed by atoms with Crippen LogP contribution in [0.1, 0.15) is 29.0 Å². The average Bonchev–Trinajstić information content (AvgIpc) is 3.35. The number of benzene rings is 2. The first kappa shape index (κ1) is 23.3. The van der Waals surface area contributed by atoms with Crippen LogP contribution in [0.4, 0.5) is 13.2 Å². The summed E-state index contributed by atoms with van der Waals surface area (Å²) >= 11 is 0. The molecule has 0 radical (unpaired) electrons. The number of esters is 2. The smallest absolute Gasteiger partial charge is 0.453 e. The van der Waals surface area contributed by atoms with Gasteiger partial charge in [0.15, 0.2) is 6.10 Å². The third-order valence-corrected chi connectivity index (χ3v) is 4.99. The van der Waals surface area contributed by atoms with Crippen molar-refractivity contribution in [2.75, 3.05) is 13.7 Å². The van der Waals surface area contributed by atoms with E-state index in [1.807, 2.05) is 0 Å². The number of ether oxygens (including phenoxy) is 4. The van der Waals surface area contributed by atoms with Gasteiger partial charge in [-0.05, 0) is 49.2 Å². The third-order valence-electron chi connectivity index (χ3n) is 4.99. The predicted molar refractivity (Wildman–Crippen MR) is 110 cm³/mol. The molecule has 11 heteroatoms. The maximum Gasteiger partial charge on any atom is 0.453 e. The number of halogens is 3. The van der Waals surface area contributed by atoms with Crippen molar-refractivity contribution in [1.82, 2.24) is 0 Å². The fourth-order valence-corrected chi connectivity index (χ4v) is 3.34. The van der Waals surface area contributed by atoms with Gasteiger partial charge in [0, 0.05) is 12.7 Å². The number of carbonyl (C=O) groups is 2. The van der Waals surface area contributed by atoms with Crippen molar-refractivity contribution in [3.05, 3.63) is 64.0 Å². The Morgan fingerprint density at radius 1 is 1.06 bits per heavy atom. The Hall–Kier alpha value is -3.86. The monoisotopic (exact) mass is 478 g/mol. The minimum absolute atomic E-state index is 0.101. The summed E-state index contributed by atoms with van der Waals surface area (Å²) in [5.74, 6) is -4.31. The summed E-state index contributed by atoms with van der Waals surface area (Å²) in [5.41, 5.74) is -1.38. The first-order chi connectivity index (χ1) is 16.2. The first-order valence-electron chi connectivity index (χ1n) is 10.0. The van der Waals surface area contributed by atoms with Gasteiger partial charge in [-0.2, -0.15) is 13.2 Å². The zero-order chi connectivity index (χ0) is 24.5. The van der Waals surface area contributed by atoms with E-state index in [-0.39, 0.29) is 22.4 Å². The van der Waals surface area contributed by atoms with Gasteiger partial charge in [0.25, 0.3) is 5.76 Å². The summed E-state index contributed by atoms with van der Waals surface area (Å²) in [4.78, 5) is 36.5. The zero-order valence-electron chi connectivity index (χ0n) is 17.6. The lowest BCUT2D eigenvalue weighted by Gasteiger charge is -2.14. The third kappa shape index (κ3) is 4.74. The minimum atomic E-state index is -5.07. The Labute approximate surface area is 189 Å². The number of alkyl halides is 3. The van der Waals surface area contributed by atoms with Gasteiger partial charge in [0.05, 0.1) is 18.1 Å². The van der Waals surface area contributed by atoms with Crippen molar-refractivity contribution in [3.63, 3.8) is 0 Å². The molecule has 1 aliphatic rings. The van der Waals surface area contributed by atoms with Gasteiger partial charge in [0.1, 0.15) is 17.1 Å². The van der Waals surface area contributed by atoms with Gasteiger partial charge >= 0.3 is 18.1 Å². The first-order valence-corrected chi connectivity index (χ1v) is 10.0. The van der Waals surface area contributed by atoms with Crippen LogP contribution in [0.15, 0.2) is 51.7 Å². The van der Waals surface area contributed by atoms with E-state index in [1.165, 1.54) is 43.5 Å². The maximum absolute atomic E-state index is 13.7. The molecule has 0 spiro atoms. The Balaban J connectivity index is 1.70. The molecule has 2 aromatic carbocycles. The van der Waals surface area contributed by atoms with Gasteiger partial charge in [-0.25, -0.2) is 9.59 Å². The number of rotatable bonds is 5. The molecule has 0 bridgehead atoms. The van der Waals surface area contributed by atoms with Gasteiger partial charge in [0.2, 0.25) is 11.2 Å². The van der Waals surface area contributed by atoms with Crippen molar-refractivity contribution in [1.29, 1.82) is 0 Å². The van der Waals surface area contributed by atoms with Crippen LogP contribution in [0.2, 0.25) is 0 Å². The van der Waals surface area contributed by atoms with Gasteiger partial charge in [-0.3, -0.25) is 4.79 Å². The Morgan fingerprint density at radius 2 is 1.76 bits per heavy atom. The molecule has 8 nitrogen and oxygen atoms in total. The van der Waals surface area contributed by atoms with Crippen LogP contribution in [-0.2, 0) is 20.4 Å². The highest BCUT2D eigenvalue weighted by Crippen LogP contribution is 2.38.